The van der Waals surface area contributed by atoms with Gasteiger partial charge in [0.25, 0.3) is 0 Å². The summed E-state index contributed by atoms with van der Waals surface area (Å²) in [7, 11) is 0. The average Bonchev–Trinajstić information content (AvgIpc) is 3.72. The first-order chi connectivity index (χ1) is 24.5. The SMILES string of the molecule is CC(C)(C)c1cccc(N2CN(c3[c-]c(Oc4[c-]c5c(cc4)c4ccccc4n5-c4cc(C(C)(C)C)ccn4)ccc3)C=C2c2ccccc2)c1.[CH3-].[Pt]. The Hall–Kier alpha value is -5.12. The quantitative estimate of drug-likeness (QED) is 0.156. The van der Waals surface area contributed by atoms with E-state index in [1.807, 2.05) is 24.4 Å². The first kappa shape index (κ1) is 37.6. The maximum atomic E-state index is 6.52. The fourth-order valence-electron chi connectivity index (χ4n) is 6.79. The van der Waals surface area contributed by atoms with Gasteiger partial charge in [-0.2, -0.15) is 12.1 Å². The molecule has 2 aromatic heterocycles. The number of fused-ring (bicyclic) bond motifs is 3. The third-order valence-corrected chi connectivity index (χ3v) is 9.64. The number of nitrogens with zero attached hydrogens (tertiary/aromatic N) is 4. The zero-order valence-electron chi connectivity index (χ0n) is 31.4. The molecule has 7 aromatic rings. The average molecular weight is 877 g/mol. The van der Waals surface area contributed by atoms with E-state index in [0.717, 1.165) is 50.3 Å². The van der Waals surface area contributed by atoms with Gasteiger partial charge in [-0.3, -0.25) is 0 Å². The molecule has 0 bridgehead atoms. The summed E-state index contributed by atoms with van der Waals surface area (Å²) in [6, 6.07) is 49.5. The molecule has 53 heavy (non-hydrogen) atoms. The molecule has 0 saturated carbocycles. The Bertz CT molecular complexity index is 2420. The van der Waals surface area contributed by atoms with Crippen LogP contribution in [-0.4, -0.2) is 16.2 Å². The van der Waals surface area contributed by atoms with E-state index in [1.165, 1.54) is 11.1 Å². The molecule has 8 rings (SSSR count). The number of para-hydroxylation sites is 1. The summed E-state index contributed by atoms with van der Waals surface area (Å²) in [5, 5.41) is 2.25. The molecule has 1 aliphatic heterocycles. The van der Waals surface area contributed by atoms with E-state index in [-0.39, 0.29) is 39.3 Å². The van der Waals surface area contributed by atoms with Crippen LogP contribution in [0.25, 0.3) is 33.3 Å². The summed E-state index contributed by atoms with van der Waals surface area (Å²) in [5.41, 5.74) is 8.96. The normalized spacial score (nSPS) is 13.1. The number of aromatic nitrogens is 2. The van der Waals surface area contributed by atoms with Gasteiger partial charge < -0.3 is 26.5 Å². The zero-order chi connectivity index (χ0) is 35.3. The maximum absolute atomic E-state index is 6.52. The second-order valence-corrected chi connectivity index (χ2v) is 15.3. The summed E-state index contributed by atoms with van der Waals surface area (Å²) >= 11 is 0. The third-order valence-electron chi connectivity index (χ3n) is 9.64. The Kier molecular flexibility index (Phi) is 10.4. The molecule has 0 saturated heterocycles. The maximum Gasteiger partial charge on any atom is 0.135 e. The van der Waals surface area contributed by atoms with Crippen molar-refractivity contribution in [2.24, 2.45) is 0 Å². The van der Waals surface area contributed by atoms with Crippen molar-refractivity contribution in [3.63, 3.8) is 0 Å². The fraction of sp³-hybridized carbons (Fsp3) is 0.191. The molecule has 1 aliphatic rings. The number of ether oxygens (including phenoxy) is 1. The van der Waals surface area contributed by atoms with Gasteiger partial charge in [-0.1, -0.05) is 113 Å². The number of benzene rings is 5. The molecule has 5 aromatic carbocycles. The largest absolute Gasteiger partial charge is 0.509 e. The van der Waals surface area contributed by atoms with Gasteiger partial charge in [-0.15, -0.1) is 35.7 Å². The topological polar surface area (TPSA) is 33.5 Å². The zero-order valence-corrected chi connectivity index (χ0v) is 33.7. The second-order valence-electron chi connectivity index (χ2n) is 15.3. The molecular weight excluding hydrogens is 832 g/mol. The Labute approximate surface area is 328 Å². The summed E-state index contributed by atoms with van der Waals surface area (Å²) < 4.78 is 8.71. The fourth-order valence-corrected chi connectivity index (χ4v) is 6.79. The molecule has 0 spiro atoms. The molecule has 0 aliphatic carbocycles. The smallest absolute Gasteiger partial charge is 0.135 e. The van der Waals surface area contributed by atoms with Crippen LogP contribution in [0.4, 0.5) is 11.4 Å². The Morgan fingerprint density at radius 3 is 2.13 bits per heavy atom. The Balaban J connectivity index is 0.00000240. The van der Waals surface area contributed by atoms with E-state index < -0.39 is 0 Å². The molecule has 0 radical (unpaired) electrons. The summed E-state index contributed by atoms with van der Waals surface area (Å²) in [6.07, 6.45) is 4.11. The number of hydrogen-bond acceptors (Lipinski definition) is 4. The monoisotopic (exact) mass is 876 g/mol. The third kappa shape index (κ3) is 7.41. The number of pyridine rings is 1. The Morgan fingerprint density at radius 2 is 1.36 bits per heavy atom. The molecule has 5 nitrogen and oxygen atoms in total. The predicted octanol–water partition coefficient (Wildman–Crippen LogP) is 11.9. The molecule has 272 valence electrons. The van der Waals surface area contributed by atoms with Crippen LogP contribution in [0.1, 0.15) is 58.2 Å². The van der Waals surface area contributed by atoms with Gasteiger partial charge in [-0.05, 0) is 63.2 Å². The van der Waals surface area contributed by atoms with Gasteiger partial charge in [0.05, 0.1) is 12.4 Å². The minimum atomic E-state index is -0.00479. The molecule has 3 heterocycles. The van der Waals surface area contributed by atoms with Crippen LogP contribution >= 0.6 is 0 Å². The van der Waals surface area contributed by atoms with Gasteiger partial charge in [0.2, 0.25) is 0 Å². The van der Waals surface area contributed by atoms with Gasteiger partial charge in [-0.25, -0.2) is 4.98 Å². The van der Waals surface area contributed by atoms with Crippen molar-refractivity contribution >= 4 is 38.9 Å². The first-order valence-electron chi connectivity index (χ1n) is 17.6. The minimum absolute atomic E-state index is 0. The molecule has 6 heteroatoms. The predicted molar refractivity (Wildman–Crippen MR) is 217 cm³/mol. The minimum Gasteiger partial charge on any atom is -0.509 e. The van der Waals surface area contributed by atoms with Crippen LogP contribution in [0.5, 0.6) is 11.5 Å². The van der Waals surface area contributed by atoms with Gasteiger partial charge in [0.15, 0.2) is 0 Å². The van der Waals surface area contributed by atoms with Crippen molar-refractivity contribution in [3.8, 4) is 17.3 Å². The van der Waals surface area contributed by atoms with E-state index in [1.54, 1.807) is 0 Å². The van der Waals surface area contributed by atoms with Crippen LogP contribution in [0.2, 0.25) is 0 Å². The molecule has 0 N–H and O–H groups in total. The molecule has 0 fully saturated rings. The molecule has 0 unspecified atom stereocenters. The van der Waals surface area contributed by atoms with E-state index in [2.05, 4.69) is 177 Å². The van der Waals surface area contributed by atoms with Gasteiger partial charge >= 0.3 is 0 Å². The summed E-state index contributed by atoms with van der Waals surface area (Å²) in [4.78, 5) is 9.42. The number of anilines is 2. The Morgan fingerprint density at radius 1 is 0.660 bits per heavy atom. The van der Waals surface area contributed by atoms with Gasteiger partial charge in [0, 0.05) is 56.2 Å². The van der Waals surface area contributed by atoms with E-state index in [4.69, 9.17) is 9.72 Å². The number of hydrogen-bond donors (Lipinski definition) is 0. The van der Waals surface area contributed by atoms with Crippen molar-refractivity contribution in [1.29, 1.82) is 0 Å². The van der Waals surface area contributed by atoms with Crippen LogP contribution < -0.4 is 14.5 Å². The number of rotatable bonds is 6. The summed E-state index contributed by atoms with van der Waals surface area (Å²) in [6.45, 7) is 14.1. The van der Waals surface area contributed by atoms with Crippen LogP contribution in [-0.2, 0) is 31.9 Å². The van der Waals surface area contributed by atoms with Crippen molar-refractivity contribution < 1.29 is 25.8 Å². The molecule has 0 amide bonds. The summed E-state index contributed by atoms with van der Waals surface area (Å²) in [5.74, 6) is 2.11. The van der Waals surface area contributed by atoms with E-state index >= 15 is 0 Å². The molecule has 0 atom stereocenters. The van der Waals surface area contributed by atoms with Crippen molar-refractivity contribution in [2.75, 3.05) is 16.5 Å². The van der Waals surface area contributed by atoms with E-state index in [0.29, 0.717) is 18.2 Å². The second kappa shape index (κ2) is 14.7. The van der Waals surface area contributed by atoms with E-state index in [9.17, 15) is 0 Å². The van der Waals surface area contributed by atoms with Gasteiger partial charge in [0.1, 0.15) is 5.82 Å². The van der Waals surface area contributed by atoms with Crippen LogP contribution in [0.3, 0.4) is 0 Å². The van der Waals surface area contributed by atoms with Crippen molar-refractivity contribution in [2.45, 2.75) is 52.4 Å². The van der Waals surface area contributed by atoms with Crippen molar-refractivity contribution in [1.82, 2.24) is 9.55 Å². The first-order valence-corrected chi connectivity index (χ1v) is 17.6. The molecular formula is C47H45N4OPt-3. The van der Waals surface area contributed by atoms with Crippen LogP contribution in [0, 0.1) is 19.6 Å². The van der Waals surface area contributed by atoms with Crippen LogP contribution in [0.15, 0.2) is 134 Å². The van der Waals surface area contributed by atoms with Crippen molar-refractivity contribution in [3.05, 3.63) is 170 Å². The standard InChI is InChI=1S/C46H42N4O.CH3.Pt/c1-45(2,3)33-16-12-18-36(26-33)49-31-48(30-43(49)32-14-8-7-9-15-32)35-17-13-19-37(28-35)51-38-22-23-40-39-20-10-11-21-41(39)50(42(40)29-38)44-27-34(24-25-47-44)46(4,5)6;;/h7-27,30H,31H2,1-6H3;1H3;/q-2;-1;.